The van der Waals surface area contributed by atoms with Crippen molar-refractivity contribution in [1.82, 2.24) is 37.2 Å². The second-order valence-corrected chi connectivity index (χ2v) is 20.8. The summed E-state index contributed by atoms with van der Waals surface area (Å²) in [6.45, 7) is 4.26. The van der Waals surface area contributed by atoms with E-state index in [2.05, 4.69) is 37.2 Å². The molecule has 0 aromatic heterocycles. The van der Waals surface area contributed by atoms with Crippen LogP contribution in [0.15, 0.2) is 0 Å². The Morgan fingerprint density at radius 1 is 0.260 bits per heavy atom. The van der Waals surface area contributed by atoms with Gasteiger partial charge in [0.15, 0.2) is 0 Å². The number of amides is 8. The summed E-state index contributed by atoms with van der Waals surface area (Å²) in [5.74, 6) is -1.70. The van der Waals surface area contributed by atoms with Gasteiger partial charge in [-0.15, -0.1) is 0 Å². The van der Waals surface area contributed by atoms with Crippen LogP contribution in [0.4, 0.5) is 0 Å². The Morgan fingerprint density at radius 2 is 0.468 bits per heavy atom. The van der Waals surface area contributed by atoms with Crippen LogP contribution in [0.2, 0.25) is 0 Å². The van der Waals surface area contributed by atoms with Gasteiger partial charge in [0, 0.05) is 45.3 Å². The minimum Gasteiger partial charge on any atom is -0.368 e. The van der Waals surface area contributed by atoms with Gasteiger partial charge in [-0.25, -0.2) is 0 Å². The van der Waals surface area contributed by atoms with Gasteiger partial charge < -0.3 is 71.6 Å². The molecule has 77 heavy (non-hydrogen) atoms. The minimum absolute atomic E-state index is 0.0981. The Bertz CT molecular complexity index is 1560. The van der Waals surface area contributed by atoms with Crippen LogP contribution >= 0.6 is 0 Å². The lowest BCUT2D eigenvalue weighted by Gasteiger charge is -2.19. The van der Waals surface area contributed by atoms with Crippen LogP contribution in [0.3, 0.4) is 0 Å². The van der Waals surface area contributed by atoms with Crippen LogP contribution in [0.25, 0.3) is 0 Å². The number of hydrogen-bond acceptors (Lipinski definition) is 13. The highest BCUT2D eigenvalue weighted by Gasteiger charge is 2.23. The van der Waals surface area contributed by atoms with Gasteiger partial charge in [-0.05, 0) is 161 Å². The zero-order valence-electron chi connectivity index (χ0n) is 47.7. The molecule has 4 unspecified atom stereocenters. The maximum Gasteiger partial charge on any atom is 0.242 e. The summed E-state index contributed by atoms with van der Waals surface area (Å²) < 4.78 is 0. The smallest absolute Gasteiger partial charge is 0.242 e. The molecule has 8 amide bonds. The number of nitrogens with two attached hydrogens (primary N) is 6. The van der Waals surface area contributed by atoms with Crippen molar-refractivity contribution in [2.75, 3.05) is 52.4 Å². The number of carbonyl (C=O) groups is 8. The lowest BCUT2D eigenvalue weighted by molar-refractivity contribution is -0.129. The maximum absolute atomic E-state index is 13.2. The molecule has 0 heterocycles. The summed E-state index contributed by atoms with van der Waals surface area (Å²) in [6.07, 6.45) is 26.6. The third kappa shape index (κ3) is 44.1. The van der Waals surface area contributed by atoms with E-state index in [1.54, 1.807) is 0 Å². The highest BCUT2D eigenvalue weighted by Crippen LogP contribution is 2.12. The van der Waals surface area contributed by atoms with E-state index in [1.807, 2.05) is 0 Å². The van der Waals surface area contributed by atoms with Crippen molar-refractivity contribution in [3.05, 3.63) is 0 Å². The van der Waals surface area contributed by atoms with Crippen molar-refractivity contribution >= 4 is 47.3 Å². The van der Waals surface area contributed by atoms with Crippen LogP contribution in [-0.2, 0) is 38.4 Å². The molecule has 0 aromatic rings. The molecule has 0 saturated heterocycles. The molecular weight excluding hydrogens is 983 g/mol. The Labute approximate surface area is 463 Å². The predicted octanol–water partition coefficient (Wildman–Crippen LogP) is 3.60. The molecule has 21 heteroatoms. The summed E-state index contributed by atoms with van der Waals surface area (Å²) >= 11 is 0. The zero-order chi connectivity index (χ0) is 57.0. The summed E-state index contributed by atoms with van der Waals surface area (Å²) in [4.78, 5) is 101. The van der Waals surface area contributed by atoms with Crippen molar-refractivity contribution in [2.45, 2.75) is 255 Å². The second kappa shape index (κ2) is 52.3. The first-order valence-electron chi connectivity index (χ1n) is 30.1. The Kier molecular flexibility index (Phi) is 49.3. The van der Waals surface area contributed by atoms with Crippen LogP contribution in [0.1, 0.15) is 231 Å². The molecule has 0 rings (SSSR count). The SMILES string of the molecule is NCCCCCCCC(=O)NC(CCCCN)C(=O)NCCCCCCCC(=O)NC(CCCCN)C(=O)NCCCCCCCC(=O)NC(CCCCN)C(=O)NCCCCCCCC(=O)NC(CCCCN)C(N)=O. The van der Waals surface area contributed by atoms with Gasteiger partial charge in [0.25, 0.3) is 0 Å². The van der Waals surface area contributed by atoms with Gasteiger partial charge in [0.2, 0.25) is 47.3 Å². The summed E-state index contributed by atoms with van der Waals surface area (Å²) in [5.41, 5.74) is 33.5. The highest BCUT2D eigenvalue weighted by atomic mass is 16.2. The molecule has 0 aliphatic heterocycles. The fraction of sp³-hybridized carbons (Fsp3) is 0.857. The highest BCUT2D eigenvalue weighted by molar-refractivity contribution is 5.89. The first-order valence-corrected chi connectivity index (χ1v) is 30.1. The van der Waals surface area contributed by atoms with E-state index in [0.29, 0.717) is 123 Å². The molecule has 0 spiro atoms. The summed E-state index contributed by atoms with van der Waals surface area (Å²) in [6, 6.07) is -2.49. The predicted molar refractivity (Wildman–Crippen MR) is 307 cm³/mol. The van der Waals surface area contributed by atoms with Crippen LogP contribution in [0.5, 0.6) is 0 Å². The maximum atomic E-state index is 13.2. The van der Waals surface area contributed by atoms with Gasteiger partial charge in [-0.3, -0.25) is 38.4 Å². The standard InChI is InChI=1S/C56H111N13O8/c57-37-21-9-1-5-13-34-50(71)67-46(30-18-23-39-59)54(75)64-43-27-11-3-7-15-36-52(73)69-48(32-20-25-41-61)56(77)65-44-28-12-4-8-16-35-51(72)68-47(31-19-24-40-60)55(76)63-42-26-10-2-6-14-33-49(70)66-45(53(62)74)29-17-22-38-58/h45-48H,1-44,57-61H2,(H2,62,74)(H,63,76)(H,64,75)(H,65,77)(H,66,70)(H,67,71)(H,68,72)(H,69,73). The van der Waals surface area contributed by atoms with Gasteiger partial charge >= 0.3 is 0 Å². The fourth-order valence-electron chi connectivity index (χ4n) is 8.92. The third-order valence-corrected chi connectivity index (χ3v) is 13.7. The normalized spacial score (nSPS) is 12.7. The second-order valence-electron chi connectivity index (χ2n) is 20.8. The van der Waals surface area contributed by atoms with Gasteiger partial charge in [0.1, 0.15) is 24.2 Å². The Hall–Kier alpha value is -4.44. The van der Waals surface area contributed by atoms with E-state index in [9.17, 15) is 38.4 Å². The van der Waals surface area contributed by atoms with Crippen molar-refractivity contribution in [1.29, 1.82) is 0 Å². The third-order valence-electron chi connectivity index (χ3n) is 13.7. The number of unbranched alkanes of at least 4 members (excludes halogenated alkanes) is 20. The number of primary amides is 1. The van der Waals surface area contributed by atoms with Crippen LogP contribution in [-0.4, -0.2) is 124 Å². The number of hydrogen-bond donors (Lipinski definition) is 13. The first kappa shape index (κ1) is 72.6. The van der Waals surface area contributed by atoms with E-state index < -0.39 is 30.1 Å². The van der Waals surface area contributed by atoms with E-state index in [1.165, 1.54) is 0 Å². The van der Waals surface area contributed by atoms with Crippen molar-refractivity contribution in [2.24, 2.45) is 34.4 Å². The van der Waals surface area contributed by atoms with Crippen LogP contribution in [0, 0.1) is 0 Å². The average Bonchev–Trinajstić information content (AvgIpc) is 3.40. The molecule has 0 bridgehead atoms. The molecule has 21 nitrogen and oxygen atoms in total. The van der Waals surface area contributed by atoms with Gasteiger partial charge in [0.05, 0.1) is 0 Å². The molecule has 19 N–H and O–H groups in total. The number of rotatable bonds is 55. The zero-order valence-corrected chi connectivity index (χ0v) is 47.7. The molecule has 448 valence electrons. The van der Waals surface area contributed by atoms with E-state index >= 15 is 0 Å². The Balaban J connectivity index is 4.47. The van der Waals surface area contributed by atoms with Crippen molar-refractivity contribution < 1.29 is 38.4 Å². The lowest BCUT2D eigenvalue weighted by atomic mass is 10.1. The molecule has 0 fully saturated rings. The van der Waals surface area contributed by atoms with Gasteiger partial charge in [-0.2, -0.15) is 0 Å². The molecule has 0 radical (unpaired) electrons. The average molecular weight is 1090 g/mol. The molecule has 4 atom stereocenters. The van der Waals surface area contributed by atoms with E-state index in [4.69, 9.17) is 34.4 Å². The topological polar surface area (TPSA) is 377 Å². The van der Waals surface area contributed by atoms with E-state index in [-0.39, 0.29) is 41.4 Å². The summed E-state index contributed by atoms with van der Waals surface area (Å²) in [5, 5.41) is 20.5. The van der Waals surface area contributed by atoms with Crippen LogP contribution < -0.4 is 71.6 Å². The lowest BCUT2D eigenvalue weighted by Crippen LogP contribution is -2.47. The van der Waals surface area contributed by atoms with Crippen molar-refractivity contribution in [3.63, 3.8) is 0 Å². The minimum atomic E-state index is -0.671. The molecular formula is C56H111N13O8. The fourth-order valence-corrected chi connectivity index (χ4v) is 8.92. The van der Waals surface area contributed by atoms with E-state index in [0.717, 1.165) is 161 Å². The summed E-state index contributed by atoms with van der Waals surface area (Å²) in [7, 11) is 0. The largest absolute Gasteiger partial charge is 0.368 e. The molecule has 0 aliphatic rings. The van der Waals surface area contributed by atoms with Gasteiger partial charge in [-0.1, -0.05) is 77.0 Å². The number of nitrogens with one attached hydrogen (secondary N) is 7. The van der Waals surface area contributed by atoms with Crippen molar-refractivity contribution in [3.8, 4) is 0 Å². The monoisotopic (exact) mass is 1090 g/mol. The number of carbonyl (C=O) groups excluding carboxylic acids is 8. The molecule has 0 saturated carbocycles. The molecule has 0 aliphatic carbocycles. The first-order chi connectivity index (χ1) is 37.3. The molecule has 0 aromatic carbocycles. The quantitative estimate of drug-likeness (QED) is 0.0388. The Morgan fingerprint density at radius 3 is 0.727 bits per heavy atom.